The second kappa shape index (κ2) is 44.1. The Balaban J connectivity index is 0.000000289. The number of aryl methyl sites for hydroxylation is 1. The van der Waals surface area contributed by atoms with Crippen molar-refractivity contribution in [3.05, 3.63) is 258 Å². The maximum Gasteiger partial charge on any atom is 0.171 e. The van der Waals surface area contributed by atoms with E-state index in [2.05, 4.69) is 170 Å². The van der Waals surface area contributed by atoms with Gasteiger partial charge in [-0.05, 0) is 181 Å². The predicted octanol–water partition coefficient (Wildman–Crippen LogP) is 23.7. The zero-order chi connectivity index (χ0) is 89.1. The summed E-state index contributed by atoms with van der Waals surface area (Å²) in [6.45, 7) is 58.2. The lowest BCUT2D eigenvalue weighted by molar-refractivity contribution is -0.143. The first kappa shape index (κ1) is 102. The molecular formula is C103H154N8O7. The van der Waals surface area contributed by atoms with E-state index in [1.54, 1.807) is 43.4 Å². The monoisotopic (exact) mass is 1620 g/mol. The summed E-state index contributed by atoms with van der Waals surface area (Å²) in [5, 5.41) is 66.3. The van der Waals surface area contributed by atoms with Gasteiger partial charge >= 0.3 is 0 Å². The van der Waals surface area contributed by atoms with E-state index in [1.807, 2.05) is 228 Å². The van der Waals surface area contributed by atoms with Gasteiger partial charge in [0.05, 0.1) is 39.9 Å². The number of unbranched alkanes of at least 4 members (excludes halogenated alkanes) is 2. The molecule has 2 saturated carbocycles. The number of carbonyl (C=O) groups excluding carboxylic acids is 1. The maximum absolute atomic E-state index is 12.4. The van der Waals surface area contributed by atoms with E-state index in [9.17, 15) is 35.4 Å². The van der Waals surface area contributed by atoms with E-state index in [1.165, 1.54) is 18.5 Å². The van der Waals surface area contributed by atoms with Crippen LogP contribution < -0.4 is 0 Å². The third kappa shape index (κ3) is 24.9. The van der Waals surface area contributed by atoms with E-state index in [0.717, 1.165) is 86.0 Å². The molecule has 0 spiro atoms. The molecule has 3 aliphatic rings. The van der Waals surface area contributed by atoms with Gasteiger partial charge in [-0.25, -0.2) is 0 Å². The van der Waals surface area contributed by atoms with Gasteiger partial charge in [0.1, 0.15) is 22.4 Å². The van der Waals surface area contributed by atoms with Crippen LogP contribution >= 0.6 is 0 Å². The molecule has 0 bridgehead atoms. The fourth-order valence-corrected chi connectivity index (χ4v) is 16.1. The topological polar surface area (TPSA) is 241 Å². The Morgan fingerprint density at radius 3 is 1.10 bits per heavy atom. The van der Waals surface area contributed by atoms with Crippen LogP contribution in [0, 0.1) is 63.1 Å². The second-order valence-electron chi connectivity index (χ2n) is 38.8. The highest BCUT2D eigenvalue weighted by molar-refractivity contribution is 5.92. The molecule has 648 valence electrons. The molecule has 6 N–H and O–H groups in total. The number of hydrogen-bond acceptors (Lipinski definition) is 15. The molecule has 0 saturated heterocycles. The SMILES string of the molecule is CC.CC(C)(C)C(O)(c1ccccn1)C1CC1.CC(C)(C)C(O)(c1ccccn1)C1CCCC1.CC(C)C(O)(c1ccccn1)c1ccccn1.CCC(C)(c1ccccn1)C(C)(C)C.CCC(C)C(O)(c1ccccn1)C(C)(C)C.CCCCCC(=O)C(O)(C1=CCC=N1)C(C)(C)C.Cc1cccc(C(O)(c2ccccn2)C(C)(C)C)c1. The van der Waals surface area contributed by atoms with Gasteiger partial charge in [-0.2, -0.15) is 0 Å². The van der Waals surface area contributed by atoms with E-state index in [4.69, 9.17) is 0 Å². The highest BCUT2D eigenvalue weighted by Gasteiger charge is 2.55. The van der Waals surface area contributed by atoms with Gasteiger partial charge in [-0.1, -0.05) is 297 Å². The van der Waals surface area contributed by atoms with Crippen molar-refractivity contribution in [2.75, 3.05) is 0 Å². The summed E-state index contributed by atoms with van der Waals surface area (Å²) in [5.74, 6) is 0.799. The second-order valence-corrected chi connectivity index (χ2v) is 38.8. The third-order valence-corrected chi connectivity index (χ3v) is 24.6. The summed E-state index contributed by atoms with van der Waals surface area (Å²) in [5.41, 5.74) is 0.949. The molecular weight excluding hydrogens is 1460 g/mol. The van der Waals surface area contributed by atoms with Gasteiger partial charge in [-0.3, -0.25) is 44.7 Å². The van der Waals surface area contributed by atoms with Crippen molar-refractivity contribution in [3.63, 3.8) is 0 Å². The molecule has 0 amide bonds. The molecule has 118 heavy (non-hydrogen) atoms. The number of allylic oxidation sites excluding steroid dienone is 1. The summed E-state index contributed by atoms with van der Waals surface area (Å²) in [6.07, 6.45) is 28.9. The number of pyridine rings is 7. The van der Waals surface area contributed by atoms with Crippen molar-refractivity contribution in [1.82, 2.24) is 34.9 Å². The van der Waals surface area contributed by atoms with Crippen LogP contribution in [0.1, 0.15) is 321 Å². The molecule has 1 aromatic carbocycles. The Morgan fingerprint density at radius 1 is 0.424 bits per heavy atom. The predicted molar refractivity (Wildman–Crippen MR) is 489 cm³/mol. The molecule has 1 aliphatic heterocycles. The van der Waals surface area contributed by atoms with Crippen molar-refractivity contribution in [2.24, 2.45) is 61.2 Å². The standard InChI is InChI=1S/C17H21NO.C15H25NO2.C15H23NO.C14H16N2O.C14H23NO.C13H19NO.C13H21N.C2H6/c1-13-8-7-9-14(12-13)17(19,16(2,3)4)15-10-5-6-11-18-15;1-5-6-7-10-13(17)15(18,14(2,3)4)12-9-8-11-16-12;1-14(2,3)15(17,12-8-4-5-9-12)13-10-6-7-11-16-13;1-11(2)14(17,12-7-3-5-9-15-12)13-8-4-6-10-16-13;1-6-11(2)14(16,13(3,4)5)12-9-7-8-10-15-12;1-12(2,3)13(15,10-7-8-10)11-6-4-5-9-14-11;1-6-13(5,12(2,3)4)11-9-7-8-10-14-11;1-2/h5-12,19H,1-4H3;9,11,18H,5-8,10H2,1-4H3;6-7,10-12,17H,4-5,8-9H2,1-3H3;3-11,17H,1-2H3;7-11,16H,6H2,1-5H3;4-6,9-10,15H,7-8H2,1-3H3;7-10H,6H2,1-5H3;1-2H3. The number of hydrogen-bond donors (Lipinski definition) is 6. The summed E-state index contributed by atoms with van der Waals surface area (Å²) in [4.78, 5) is 47.1. The molecule has 15 nitrogen and oxygen atoms in total. The van der Waals surface area contributed by atoms with Crippen LogP contribution in [0.4, 0.5) is 0 Å². The number of aromatic nitrogens is 7. The van der Waals surface area contributed by atoms with Crippen LogP contribution in [0.25, 0.3) is 0 Å². The molecule has 0 radical (unpaired) electrons. The highest BCUT2D eigenvalue weighted by Crippen LogP contribution is 2.55. The van der Waals surface area contributed by atoms with Crippen molar-refractivity contribution >= 4 is 12.0 Å². The highest BCUT2D eigenvalue weighted by atomic mass is 16.3. The van der Waals surface area contributed by atoms with Crippen molar-refractivity contribution < 1.29 is 35.4 Å². The van der Waals surface area contributed by atoms with Gasteiger partial charge in [0, 0.05) is 84.4 Å². The number of aliphatic hydroxyl groups is 6. The number of Topliss-reactive ketones (excluding diaryl/α,β-unsaturated/α-hetero) is 1. The molecule has 2 aliphatic carbocycles. The van der Waals surface area contributed by atoms with Gasteiger partial charge in [-0.15, -0.1) is 0 Å². The minimum absolute atomic E-state index is 0.00713. The molecule has 7 unspecified atom stereocenters. The van der Waals surface area contributed by atoms with E-state index in [-0.39, 0.29) is 50.1 Å². The van der Waals surface area contributed by atoms with Crippen LogP contribution in [0.2, 0.25) is 0 Å². The molecule has 8 heterocycles. The summed E-state index contributed by atoms with van der Waals surface area (Å²) in [7, 11) is 0. The van der Waals surface area contributed by atoms with Gasteiger partial charge in [0.15, 0.2) is 17.0 Å². The first-order valence-electron chi connectivity index (χ1n) is 43.6. The lowest BCUT2D eigenvalue weighted by Crippen LogP contribution is -2.51. The van der Waals surface area contributed by atoms with Gasteiger partial charge < -0.3 is 30.6 Å². The number of rotatable bonds is 20. The number of nitrogens with zero attached hydrogens (tertiary/aromatic N) is 8. The molecule has 7 aromatic heterocycles. The van der Waals surface area contributed by atoms with Crippen LogP contribution in [0.5, 0.6) is 0 Å². The smallest absolute Gasteiger partial charge is 0.171 e. The zero-order valence-electron chi connectivity index (χ0n) is 77.8. The van der Waals surface area contributed by atoms with Crippen molar-refractivity contribution in [3.8, 4) is 0 Å². The number of ketones is 1. The summed E-state index contributed by atoms with van der Waals surface area (Å²) in [6, 6.07) is 48.2. The Bertz CT molecular complexity index is 4200. The molecule has 11 rings (SSSR count). The Labute approximate surface area is 713 Å². The fourth-order valence-electron chi connectivity index (χ4n) is 16.1. The lowest BCUT2D eigenvalue weighted by Gasteiger charge is -2.44. The normalized spacial score (nSPS) is 17.1. The Morgan fingerprint density at radius 2 is 0.805 bits per heavy atom. The number of carbonyl (C=O) groups is 1. The van der Waals surface area contributed by atoms with E-state index < -0.39 is 39.0 Å². The van der Waals surface area contributed by atoms with Crippen LogP contribution in [0.15, 0.2) is 212 Å². The summed E-state index contributed by atoms with van der Waals surface area (Å²) < 4.78 is 0. The maximum atomic E-state index is 12.4. The van der Waals surface area contributed by atoms with E-state index in [0.29, 0.717) is 47.5 Å². The van der Waals surface area contributed by atoms with Crippen molar-refractivity contribution in [2.45, 2.75) is 316 Å². The molecule has 7 atom stereocenters. The largest absolute Gasteiger partial charge is 0.383 e. The first-order valence-corrected chi connectivity index (χ1v) is 43.6. The quantitative estimate of drug-likeness (QED) is 0.0389. The molecule has 15 heteroatoms. The van der Waals surface area contributed by atoms with Crippen LogP contribution in [0.3, 0.4) is 0 Å². The summed E-state index contributed by atoms with van der Waals surface area (Å²) >= 11 is 0. The lowest BCUT2D eigenvalue weighted by atomic mass is 9.64. The average Bonchev–Trinajstić information content (AvgIpc) is 1.53. The Hall–Kier alpha value is -7.89. The minimum Gasteiger partial charge on any atom is -0.383 e. The number of aliphatic imine (C=N–C) groups is 1. The first-order chi connectivity index (χ1) is 55.0. The zero-order valence-corrected chi connectivity index (χ0v) is 77.8. The minimum atomic E-state index is -1.45. The van der Waals surface area contributed by atoms with Crippen molar-refractivity contribution in [1.29, 1.82) is 0 Å². The third-order valence-electron chi connectivity index (χ3n) is 24.6. The average molecular weight is 1620 g/mol. The van der Waals surface area contributed by atoms with Gasteiger partial charge in [0.2, 0.25) is 0 Å². The van der Waals surface area contributed by atoms with Crippen LogP contribution in [-0.4, -0.2) is 83.1 Å². The van der Waals surface area contributed by atoms with E-state index >= 15 is 0 Å². The molecule has 2 fully saturated rings. The van der Waals surface area contributed by atoms with Crippen LogP contribution in [-0.2, 0) is 38.2 Å². The number of benzene rings is 1. The molecule has 8 aromatic rings. The van der Waals surface area contributed by atoms with Gasteiger partial charge in [0.25, 0.3) is 0 Å². The fraction of sp³-hybridized carbons (Fsp3) is 0.563. The Kier molecular flexibility index (Phi) is 38.3.